The number of rotatable bonds is 6. The maximum absolute atomic E-state index is 12.2. The van der Waals surface area contributed by atoms with Crippen LogP contribution in [0.3, 0.4) is 0 Å². The third-order valence-corrected chi connectivity index (χ3v) is 6.07. The Balaban J connectivity index is 1.66. The molecular weight excluding hydrogens is 398 g/mol. The van der Waals surface area contributed by atoms with Gasteiger partial charge in [0.25, 0.3) is 0 Å². The van der Waals surface area contributed by atoms with E-state index in [1.54, 1.807) is 17.4 Å². The highest BCUT2D eigenvalue weighted by molar-refractivity contribution is 7.16. The minimum absolute atomic E-state index is 0.142. The Hall–Kier alpha value is -2.67. The molecule has 2 aromatic heterocycles. The van der Waals surface area contributed by atoms with Crippen LogP contribution in [0.4, 0.5) is 9.80 Å². The molecule has 2 aromatic rings. The quantitative estimate of drug-likeness (QED) is 0.626. The minimum Gasteiger partial charge on any atom is -0.446 e. The number of nitriles is 1. The van der Waals surface area contributed by atoms with E-state index in [1.807, 2.05) is 16.8 Å². The van der Waals surface area contributed by atoms with Gasteiger partial charge in [-0.25, -0.2) is 4.79 Å². The van der Waals surface area contributed by atoms with Gasteiger partial charge in [0.15, 0.2) is 0 Å². The van der Waals surface area contributed by atoms with Crippen molar-refractivity contribution >= 4 is 45.8 Å². The zero-order valence-electron chi connectivity index (χ0n) is 14.9. The number of hydrogen-bond acceptors (Lipinski definition) is 7. The maximum Gasteiger partial charge on any atom is 0.407 e. The molecule has 28 heavy (non-hydrogen) atoms. The number of amides is 2. The second-order valence-electron chi connectivity index (χ2n) is 6.12. The number of nitrogens with one attached hydrogen (secondary N) is 2. The predicted octanol–water partition coefficient (Wildman–Crippen LogP) is 2.91. The molecule has 0 bridgehead atoms. The average Bonchev–Trinajstić information content (AvgIpc) is 3.31. The summed E-state index contributed by atoms with van der Waals surface area (Å²) >= 11 is 2.90. The summed E-state index contributed by atoms with van der Waals surface area (Å²) in [5, 5.41) is 27.9. The number of thiophene rings is 2. The first kappa shape index (κ1) is 20.1. The van der Waals surface area contributed by atoms with E-state index in [9.17, 15) is 14.9 Å². The van der Waals surface area contributed by atoms with E-state index in [4.69, 9.17) is 9.84 Å². The van der Waals surface area contributed by atoms with E-state index >= 15 is 0 Å². The molecule has 1 unspecified atom stereocenters. The van der Waals surface area contributed by atoms with E-state index < -0.39 is 6.09 Å². The molecule has 0 fully saturated rings. The summed E-state index contributed by atoms with van der Waals surface area (Å²) in [7, 11) is 0. The van der Waals surface area contributed by atoms with Crippen molar-refractivity contribution in [1.82, 2.24) is 5.32 Å². The fraction of sp³-hybridized carbons (Fsp3) is 0.316. The molecule has 0 aromatic carbocycles. The summed E-state index contributed by atoms with van der Waals surface area (Å²) in [6, 6.07) is 4.10. The summed E-state index contributed by atoms with van der Waals surface area (Å²) in [4.78, 5) is 24.8. The molecule has 1 aliphatic rings. The summed E-state index contributed by atoms with van der Waals surface area (Å²) in [5.74, 6) is -0.294. The molecule has 0 aliphatic heterocycles. The maximum atomic E-state index is 12.2. The van der Waals surface area contributed by atoms with Crippen LogP contribution in [0.25, 0.3) is 6.08 Å². The molecule has 1 atom stereocenters. The number of alkyl carbamates (subject to hydrolysis) is 1. The second kappa shape index (κ2) is 9.50. The number of fused-ring (bicyclic) bond motifs is 1. The molecule has 0 saturated heterocycles. The van der Waals surface area contributed by atoms with Gasteiger partial charge in [-0.15, -0.1) is 11.3 Å². The molecule has 146 valence electrons. The van der Waals surface area contributed by atoms with Crippen LogP contribution in [0.2, 0.25) is 0 Å². The van der Waals surface area contributed by atoms with Crippen molar-refractivity contribution in [2.75, 3.05) is 18.5 Å². The first-order valence-corrected chi connectivity index (χ1v) is 10.5. The number of anilines is 1. The van der Waals surface area contributed by atoms with Crippen molar-refractivity contribution < 1.29 is 19.4 Å². The highest BCUT2D eigenvalue weighted by Crippen LogP contribution is 2.38. The lowest BCUT2D eigenvalue weighted by atomic mass is 9.94. The van der Waals surface area contributed by atoms with Crippen molar-refractivity contribution in [3.05, 3.63) is 44.5 Å². The van der Waals surface area contributed by atoms with Crippen LogP contribution >= 0.6 is 22.7 Å². The molecule has 7 nitrogen and oxygen atoms in total. The third-order valence-electron chi connectivity index (χ3n) is 4.19. The van der Waals surface area contributed by atoms with E-state index in [2.05, 4.69) is 16.7 Å². The first-order valence-electron chi connectivity index (χ1n) is 8.72. The highest BCUT2D eigenvalue weighted by Gasteiger charge is 2.28. The number of ether oxygens (including phenoxy) is 1. The van der Waals surface area contributed by atoms with Crippen LogP contribution in [0.1, 0.15) is 28.0 Å². The Morgan fingerprint density at radius 1 is 1.46 bits per heavy atom. The third kappa shape index (κ3) is 4.98. The second-order valence-corrected chi connectivity index (χ2v) is 8.00. The fourth-order valence-electron chi connectivity index (χ4n) is 2.91. The van der Waals surface area contributed by atoms with Crippen LogP contribution < -0.4 is 10.6 Å². The predicted molar refractivity (Wildman–Crippen MR) is 108 cm³/mol. The van der Waals surface area contributed by atoms with E-state index in [-0.39, 0.29) is 25.2 Å². The average molecular weight is 418 g/mol. The van der Waals surface area contributed by atoms with Gasteiger partial charge in [0.1, 0.15) is 17.2 Å². The molecule has 9 heteroatoms. The summed E-state index contributed by atoms with van der Waals surface area (Å²) in [5.41, 5.74) is 2.35. The lowest BCUT2D eigenvalue weighted by Crippen LogP contribution is -2.33. The molecule has 0 saturated carbocycles. The van der Waals surface area contributed by atoms with Gasteiger partial charge >= 0.3 is 6.09 Å². The smallest absolute Gasteiger partial charge is 0.407 e. The summed E-state index contributed by atoms with van der Waals surface area (Å²) < 4.78 is 5.36. The lowest BCUT2D eigenvalue weighted by Gasteiger charge is -2.22. The summed E-state index contributed by atoms with van der Waals surface area (Å²) in [6.45, 7) is -0.00620. The number of carbonyl (C=O) groups excluding carboxylic acids is 2. The largest absolute Gasteiger partial charge is 0.446 e. The normalized spacial score (nSPS) is 15.6. The number of carbonyl (C=O) groups is 2. The monoisotopic (exact) mass is 417 g/mol. The standard InChI is InChI=1S/C19H19N3O4S2/c20-10-15-14-3-2-13(26-19(25)21-6-7-23)9-16(14)28-18(15)22-17(24)4-1-12-5-8-27-11-12/h1,4-5,8,11,13,23H,2-3,6-7,9H2,(H,21,25)(H,22,24). The zero-order chi connectivity index (χ0) is 19.9. The van der Waals surface area contributed by atoms with Crippen LogP contribution in [0, 0.1) is 11.3 Å². The van der Waals surface area contributed by atoms with Gasteiger partial charge in [0.05, 0.1) is 12.2 Å². The van der Waals surface area contributed by atoms with Crippen LogP contribution in [0.5, 0.6) is 0 Å². The van der Waals surface area contributed by atoms with Gasteiger partial charge in [0, 0.05) is 23.9 Å². The van der Waals surface area contributed by atoms with Crippen LogP contribution in [-0.4, -0.2) is 36.4 Å². The van der Waals surface area contributed by atoms with Gasteiger partial charge in [0.2, 0.25) is 5.91 Å². The first-order chi connectivity index (χ1) is 13.6. The fourth-order valence-corrected chi connectivity index (χ4v) is 4.80. The molecule has 2 amide bonds. The Kier molecular flexibility index (Phi) is 6.81. The van der Waals surface area contributed by atoms with Crippen molar-refractivity contribution in [3.63, 3.8) is 0 Å². The number of hydrogen-bond donors (Lipinski definition) is 3. The minimum atomic E-state index is -0.563. The molecule has 0 radical (unpaired) electrons. The Bertz CT molecular complexity index is 912. The van der Waals surface area contributed by atoms with Gasteiger partial charge in [-0.1, -0.05) is 0 Å². The number of aliphatic hydroxyl groups excluding tert-OH is 1. The van der Waals surface area contributed by atoms with Gasteiger partial charge < -0.3 is 20.5 Å². The zero-order valence-corrected chi connectivity index (χ0v) is 16.6. The lowest BCUT2D eigenvalue weighted by molar-refractivity contribution is -0.111. The number of aliphatic hydroxyl groups is 1. The highest BCUT2D eigenvalue weighted by atomic mass is 32.1. The Labute approximate surface area is 170 Å². The van der Waals surface area contributed by atoms with Crippen LogP contribution in [-0.2, 0) is 22.4 Å². The summed E-state index contributed by atoms with van der Waals surface area (Å²) in [6.07, 6.45) is 4.02. The van der Waals surface area contributed by atoms with Crippen molar-refractivity contribution in [2.24, 2.45) is 0 Å². The van der Waals surface area contributed by atoms with Gasteiger partial charge in [-0.2, -0.15) is 16.6 Å². The number of nitrogens with zero attached hydrogens (tertiary/aromatic N) is 1. The van der Waals surface area contributed by atoms with E-state index in [0.717, 1.165) is 16.0 Å². The van der Waals surface area contributed by atoms with Crippen LogP contribution in [0.15, 0.2) is 22.9 Å². The van der Waals surface area contributed by atoms with Crippen molar-refractivity contribution in [2.45, 2.75) is 25.4 Å². The molecule has 3 rings (SSSR count). The SMILES string of the molecule is N#Cc1c(NC(=O)C=Cc2ccsc2)sc2c1CCC(OC(=O)NCCO)C2. The van der Waals surface area contributed by atoms with Crippen molar-refractivity contribution in [3.8, 4) is 6.07 Å². The van der Waals surface area contributed by atoms with Gasteiger partial charge in [-0.05, 0) is 46.9 Å². The molecule has 1 aliphatic carbocycles. The molecule has 2 heterocycles. The molecular formula is C19H19N3O4S2. The van der Waals surface area contributed by atoms with Crippen molar-refractivity contribution in [1.29, 1.82) is 5.26 Å². The molecule has 3 N–H and O–H groups in total. The Morgan fingerprint density at radius 2 is 2.32 bits per heavy atom. The Morgan fingerprint density at radius 3 is 3.04 bits per heavy atom. The van der Waals surface area contributed by atoms with Gasteiger partial charge in [-0.3, -0.25) is 4.79 Å². The van der Waals surface area contributed by atoms with E-state index in [1.165, 1.54) is 17.4 Å². The van der Waals surface area contributed by atoms with E-state index in [0.29, 0.717) is 29.8 Å². The topological polar surface area (TPSA) is 111 Å². The molecule has 0 spiro atoms.